The van der Waals surface area contributed by atoms with Crippen LogP contribution in [0, 0.1) is 56.7 Å². The second-order valence-corrected chi connectivity index (χ2v) is 14.3. The second kappa shape index (κ2) is 7.77. The maximum atomic E-state index is 13.0. The minimum atomic E-state index is -0.554. The van der Waals surface area contributed by atoms with E-state index in [0.29, 0.717) is 41.3 Å². The van der Waals surface area contributed by atoms with Crippen LogP contribution in [0.3, 0.4) is 0 Å². The molecule has 190 valence electrons. The van der Waals surface area contributed by atoms with E-state index in [-0.39, 0.29) is 22.9 Å². The van der Waals surface area contributed by atoms with E-state index in [0.717, 1.165) is 18.8 Å². The van der Waals surface area contributed by atoms with E-state index in [4.69, 9.17) is 0 Å². The molecule has 5 saturated carbocycles. The van der Waals surface area contributed by atoms with Gasteiger partial charge in [0.15, 0.2) is 0 Å². The molecule has 5 rings (SSSR count). The molecule has 0 aromatic rings. The average molecular weight is 468 g/mol. The van der Waals surface area contributed by atoms with Crippen LogP contribution in [0.25, 0.3) is 0 Å². The third kappa shape index (κ3) is 2.86. The van der Waals surface area contributed by atoms with E-state index in [1.165, 1.54) is 50.5 Å². The number of aliphatic imine (C=N–C) groups is 1. The van der Waals surface area contributed by atoms with Crippen molar-refractivity contribution >= 4 is 12.0 Å². The molecule has 3 nitrogen and oxygen atoms in total. The van der Waals surface area contributed by atoms with Crippen molar-refractivity contribution < 1.29 is 9.90 Å². The monoisotopic (exact) mass is 467 g/mol. The van der Waals surface area contributed by atoms with Gasteiger partial charge in [0.05, 0.1) is 12.0 Å². The van der Waals surface area contributed by atoms with Crippen LogP contribution in [0.1, 0.15) is 98.8 Å². The number of ketones is 1. The number of aliphatic hydroxyl groups is 1. The fraction of sp³-hybridized carbons (Fsp3) is 0.871. The Balaban J connectivity index is 1.56. The van der Waals surface area contributed by atoms with Gasteiger partial charge < -0.3 is 10.1 Å². The van der Waals surface area contributed by atoms with Gasteiger partial charge in [0, 0.05) is 25.1 Å². The topological polar surface area (TPSA) is 49.7 Å². The molecule has 0 bridgehead atoms. The number of hydrogen-bond donors (Lipinski definition) is 1. The lowest BCUT2D eigenvalue weighted by Crippen LogP contribution is -2.67. The predicted molar refractivity (Wildman–Crippen MR) is 140 cm³/mol. The van der Waals surface area contributed by atoms with Gasteiger partial charge in [-0.05, 0) is 111 Å². The standard InChI is InChI=1S/C31H49NO2/c1-20(2)21-10-15-31(18-32-7)17-16-29(5)22(26(21)31)8-9-24-27(3)13-12-25(34)28(4,19-33)23(27)11-14-30(24,29)6/h18,21-24,26,33H,1,8-17,19H2,2-7H3/t21?,22?,23-,24?,26?,27+,28+,29-,30-,31-/m1/s1. The van der Waals surface area contributed by atoms with Gasteiger partial charge in [-0.25, -0.2) is 0 Å². The maximum Gasteiger partial charge on any atom is 0.141 e. The van der Waals surface area contributed by atoms with Crippen LogP contribution in [-0.4, -0.2) is 30.8 Å². The van der Waals surface area contributed by atoms with Crippen molar-refractivity contribution in [1.29, 1.82) is 0 Å². The Morgan fingerprint density at radius 3 is 2.38 bits per heavy atom. The molecule has 4 unspecified atom stereocenters. The van der Waals surface area contributed by atoms with E-state index in [2.05, 4.69) is 52.4 Å². The normalized spacial score (nSPS) is 54.8. The molecule has 34 heavy (non-hydrogen) atoms. The minimum Gasteiger partial charge on any atom is -0.395 e. The largest absolute Gasteiger partial charge is 0.395 e. The number of nitrogens with zero attached hydrogens (tertiary/aromatic N) is 1. The second-order valence-electron chi connectivity index (χ2n) is 14.3. The summed E-state index contributed by atoms with van der Waals surface area (Å²) < 4.78 is 0. The maximum absolute atomic E-state index is 13.0. The number of rotatable bonds is 3. The van der Waals surface area contributed by atoms with Crippen molar-refractivity contribution in [3.8, 4) is 0 Å². The highest BCUT2D eigenvalue weighted by Gasteiger charge is 2.71. The highest BCUT2D eigenvalue weighted by molar-refractivity contribution is 5.86. The molecule has 0 heterocycles. The molecule has 3 heteroatoms. The first-order chi connectivity index (χ1) is 15.9. The molecule has 0 amide bonds. The molecular weight excluding hydrogens is 418 g/mol. The number of allylic oxidation sites excluding steroid dienone is 1. The summed E-state index contributed by atoms with van der Waals surface area (Å²) in [6.45, 7) is 16.6. The summed E-state index contributed by atoms with van der Waals surface area (Å²) in [4.78, 5) is 17.6. The predicted octanol–water partition coefficient (Wildman–Crippen LogP) is 6.89. The number of carbonyl (C=O) groups excluding carboxylic acids is 1. The molecule has 0 aromatic carbocycles. The summed E-state index contributed by atoms with van der Waals surface area (Å²) in [5.41, 5.74) is 1.84. The van der Waals surface area contributed by atoms with Crippen LogP contribution in [0.15, 0.2) is 17.1 Å². The van der Waals surface area contributed by atoms with Crippen LogP contribution in [0.5, 0.6) is 0 Å². The Bertz CT molecular complexity index is 909. The summed E-state index contributed by atoms with van der Waals surface area (Å²) in [5.74, 6) is 3.27. The molecule has 0 spiro atoms. The number of fused-ring (bicyclic) bond motifs is 7. The van der Waals surface area contributed by atoms with Gasteiger partial charge in [-0.2, -0.15) is 0 Å². The van der Waals surface area contributed by atoms with Crippen molar-refractivity contribution in [3.05, 3.63) is 12.2 Å². The number of Topliss-reactive ketones (excluding diaryl/α,β-unsaturated/α-hetero) is 1. The molecule has 1 N–H and O–H groups in total. The molecule has 5 fully saturated rings. The first-order valence-corrected chi connectivity index (χ1v) is 14.2. The van der Waals surface area contributed by atoms with Gasteiger partial charge in [0.1, 0.15) is 5.78 Å². The van der Waals surface area contributed by atoms with E-state index >= 15 is 0 Å². The third-order valence-corrected chi connectivity index (χ3v) is 13.4. The van der Waals surface area contributed by atoms with Gasteiger partial charge in [-0.1, -0.05) is 39.8 Å². The van der Waals surface area contributed by atoms with E-state index in [9.17, 15) is 9.90 Å². The van der Waals surface area contributed by atoms with Crippen LogP contribution < -0.4 is 0 Å². The van der Waals surface area contributed by atoms with Gasteiger partial charge >= 0.3 is 0 Å². The van der Waals surface area contributed by atoms with Crippen LogP contribution in [0.4, 0.5) is 0 Å². The van der Waals surface area contributed by atoms with Crippen molar-refractivity contribution in [1.82, 2.24) is 0 Å². The number of carbonyl (C=O) groups is 1. The molecule has 0 aromatic heterocycles. The molecule has 0 aliphatic heterocycles. The smallest absolute Gasteiger partial charge is 0.141 e. The van der Waals surface area contributed by atoms with Crippen LogP contribution in [-0.2, 0) is 4.79 Å². The number of hydrogen-bond acceptors (Lipinski definition) is 3. The van der Waals surface area contributed by atoms with Gasteiger partial charge in [0.2, 0.25) is 0 Å². The van der Waals surface area contributed by atoms with Crippen molar-refractivity contribution in [3.63, 3.8) is 0 Å². The third-order valence-electron chi connectivity index (χ3n) is 13.4. The zero-order valence-electron chi connectivity index (χ0n) is 22.8. The van der Waals surface area contributed by atoms with Crippen LogP contribution in [0.2, 0.25) is 0 Å². The summed E-state index contributed by atoms with van der Waals surface area (Å²) in [6.07, 6.45) is 14.0. The first kappa shape index (κ1) is 24.7. The molecule has 0 radical (unpaired) electrons. The minimum absolute atomic E-state index is 0.0106. The Morgan fingerprint density at radius 2 is 1.74 bits per heavy atom. The summed E-state index contributed by atoms with van der Waals surface area (Å²) in [6, 6.07) is 0. The summed E-state index contributed by atoms with van der Waals surface area (Å²) in [5, 5.41) is 10.4. The lowest BCUT2D eigenvalue weighted by Gasteiger charge is -2.72. The lowest BCUT2D eigenvalue weighted by molar-refractivity contribution is -0.232. The Kier molecular flexibility index (Phi) is 5.65. The Hall–Kier alpha value is -0.960. The summed E-state index contributed by atoms with van der Waals surface area (Å²) >= 11 is 0. The molecule has 0 saturated heterocycles. The summed E-state index contributed by atoms with van der Waals surface area (Å²) in [7, 11) is 1.97. The lowest BCUT2D eigenvalue weighted by atomic mass is 9.32. The quantitative estimate of drug-likeness (QED) is 0.363. The molecule has 5 aliphatic rings. The van der Waals surface area contributed by atoms with Crippen molar-refractivity contribution in [2.45, 2.75) is 98.8 Å². The Labute approximate surface area is 208 Å². The zero-order chi connectivity index (χ0) is 24.7. The average Bonchev–Trinajstić information content (AvgIpc) is 3.17. The first-order valence-electron chi connectivity index (χ1n) is 14.2. The van der Waals surface area contributed by atoms with Gasteiger partial charge in [-0.15, -0.1) is 0 Å². The van der Waals surface area contributed by atoms with Crippen molar-refractivity contribution in [2.75, 3.05) is 13.7 Å². The highest BCUT2D eigenvalue weighted by Crippen LogP contribution is 2.77. The fourth-order valence-electron chi connectivity index (χ4n) is 11.5. The number of aliphatic hydroxyl groups excluding tert-OH is 1. The molecule has 5 aliphatic carbocycles. The fourth-order valence-corrected chi connectivity index (χ4v) is 11.5. The zero-order valence-corrected chi connectivity index (χ0v) is 22.8. The van der Waals surface area contributed by atoms with Crippen LogP contribution >= 0.6 is 0 Å². The Morgan fingerprint density at radius 1 is 1.00 bits per heavy atom. The van der Waals surface area contributed by atoms with Crippen molar-refractivity contribution in [2.24, 2.45) is 61.7 Å². The highest BCUT2D eigenvalue weighted by atomic mass is 16.3. The molecule has 10 atom stereocenters. The van der Waals surface area contributed by atoms with E-state index < -0.39 is 5.41 Å². The van der Waals surface area contributed by atoms with E-state index in [1.54, 1.807) is 0 Å². The SMILES string of the molecule is C=C(C)C1CC[C@]2(C=NC)CC[C@]3(C)C(CCC4[C@@]5(C)CCC(=O)[C@@](C)(CO)[C@@H]5CC[C@]43C)C12. The van der Waals surface area contributed by atoms with Gasteiger partial charge in [0.25, 0.3) is 0 Å². The van der Waals surface area contributed by atoms with Gasteiger partial charge in [-0.3, -0.25) is 4.79 Å². The molecular formula is C31H49NO2. The van der Waals surface area contributed by atoms with E-state index in [1.807, 2.05) is 7.05 Å².